The van der Waals surface area contributed by atoms with Crippen LogP contribution >= 0.6 is 0 Å². The molecule has 5 rings (SSSR count). The van der Waals surface area contributed by atoms with Crippen molar-refractivity contribution in [3.8, 4) is 5.75 Å². The highest BCUT2D eigenvalue weighted by Crippen LogP contribution is 2.36. The molecule has 2 aromatic heterocycles. The molecule has 1 aliphatic heterocycles. The lowest BCUT2D eigenvalue weighted by Gasteiger charge is -2.31. The van der Waals surface area contributed by atoms with Crippen molar-refractivity contribution in [3.05, 3.63) is 108 Å². The summed E-state index contributed by atoms with van der Waals surface area (Å²) in [7, 11) is 1.68. The number of amides is 1. The molecule has 36 heavy (non-hydrogen) atoms. The summed E-state index contributed by atoms with van der Waals surface area (Å²) in [6, 6.07) is 18.2. The minimum absolute atomic E-state index is 0.0359. The fourth-order valence-corrected chi connectivity index (χ4v) is 4.93. The van der Waals surface area contributed by atoms with E-state index in [0.717, 1.165) is 29.1 Å². The topological polar surface area (TPSA) is 94.0 Å². The zero-order chi connectivity index (χ0) is 24.8. The monoisotopic (exact) mass is 482 g/mol. The predicted molar refractivity (Wildman–Crippen MR) is 136 cm³/mol. The first-order valence-electron chi connectivity index (χ1n) is 12.1. The third-order valence-electron chi connectivity index (χ3n) is 6.74. The SMILES string of the molecule is COc1ccc(CNC(=O)C[C@]2(n3ccnc3)CC(c3ncccn3)CN2)cc1Cc1ccccc1. The summed E-state index contributed by atoms with van der Waals surface area (Å²) in [5, 5.41) is 6.68. The Kier molecular flexibility index (Phi) is 7.04. The number of aromatic nitrogens is 4. The molecule has 2 aromatic carbocycles. The molecule has 0 aliphatic carbocycles. The number of imidazole rings is 1. The van der Waals surface area contributed by atoms with Crippen LogP contribution in [0.2, 0.25) is 0 Å². The van der Waals surface area contributed by atoms with Gasteiger partial charge in [-0.1, -0.05) is 42.5 Å². The van der Waals surface area contributed by atoms with Crippen molar-refractivity contribution in [2.75, 3.05) is 13.7 Å². The van der Waals surface area contributed by atoms with E-state index in [0.29, 0.717) is 19.5 Å². The highest BCUT2D eigenvalue weighted by atomic mass is 16.5. The molecule has 1 saturated heterocycles. The maximum absolute atomic E-state index is 13.2. The normalized spacial score (nSPS) is 19.2. The third-order valence-corrected chi connectivity index (χ3v) is 6.74. The molecule has 2 atom stereocenters. The molecule has 1 fully saturated rings. The molecule has 0 bridgehead atoms. The van der Waals surface area contributed by atoms with Crippen molar-refractivity contribution < 1.29 is 9.53 Å². The van der Waals surface area contributed by atoms with Crippen LogP contribution in [0.15, 0.2) is 85.7 Å². The first-order valence-corrected chi connectivity index (χ1v) is 12.1. The number of hydrogen-bond donors (Lipinski definition) is 2. The summed E-state index contributed by atoms with van der Waals surface area (Å²) in [5.41, 5.74) is 2.75. The van der Waals surface area contributed by atoms with Gasteiger partial charge in [0.25, 0.3) is 0 Å². The summed E-state index contributed by atoms with van der Waals surface area (Å²) < 4.78 is 7.56. The van der Waals surface area contributed by atoms with Crippen LogP contribution in [0, 0.1) is 0 Å². The number of rotatable bonds is 9. The van der Waals surface area contributed by atoms with Gasteiger partial charge >= 0.3 is 0 Å². The second kappa shape index (κ2) is 10.7. The van der Waals surface area contributed by atoms with Gasteiger partial charge < -0.3 is 14.6 Å². The first-order chi connectivity index (χ1) is 17.6. The van der Waals surface area contributed by atoms with Crippen LogP contribution in [0.4, 0.5) is 0 Å². The number of methoxy groups -OCH3 is 1. The molecule has 3 heterocycles. The van der Waals surface area contributed by atoms with Gasteiger partial charge in [-0.3, -0.25) is 10.1 Å². The van der Waals surface area contributed by atoms with Gasteiger partial charge in [0.1, 0.15) is 17.2 Å². The van der Waals surface area contributed by atoms with Crippen LogP contribution in [0.5, 0.6) is 5.75 Å². The molecule has 1 aliphatic rings. The van der Waals surface area contributed by atoms with E-state index in [4.69, 9.17) is 4.74 Å². The lowest BCUT2D eigenvalue weighted by Crippen LogP contribution is -2.46. The summed E-state index contributed by atoms with van der Waals surface area (Å²) in [6.45, 7) is 1.13. The average molecular weight is 483 g/mol. The van der Waals surface area contributed by atoms with E-state index in [2.05, 4.69) is 43.8 Å². The molecule has 8 nitrogen and oxygen atoms in total. The second-order valence-corrected chi connectivity index (χ2v) is 9.15. The summed E-state index contributed by atoms with van der Waals surface area (Å²) in [6.07, 6.45) is 10.6. The highest BCUT2D eigenvalue weighted by Gasteiger charge is 2.43. The van der Waals surface area contributed by atoms with E-state index in [1.54, 1.807) is 32.0 Å². The summed E-state index contributed by atoms with van der Waals surface area (Å²) >= 11 is 0. The van der Waals surface area contributed by atoms with Crippen LogP contribution in [0.3, 0.4) is 0 Å². The van der Waals surface area contributed by atoms with E-state index < -0.39 is 5.66 Å². The molecule has 0 radical (unpaired) electrons. The van der Waals surface area contributed by atoms with E-state index in [1.807, 2.05) is 47.2 Å². The number of nitrogens with zero attached hydrogens (tertiary/aromatic N) is 4. The number of nitrogens with one attached hydrogen (secondary N) is 2. The van der Waals surface area contributed by atoms with Crippen molar-refractivity contribution in [3.63, 3.8) is 0 Å². The molecular weight excluding hydrogens is 452 g/mol. The minimum Gasteiger partial charge on any atom is -0.496 e. The molecule has 1 amide bonds. The van der Waals surface area contributed by atoms with Crippen LogP contribution in [0.1, 0.15) is 41.3 Å². The molecule has 4 aromatic rings. The van der Waals surface area contributed by atoms with Gasteiger partial charge in [0.05, 0.1) is 19.9 Å². The van der Waals surface area contributed by atoms with Crippen LogP contribution < -0.4 is 15.4 Å². The van der Waals surface area contributed by atoms with E-state index in [-0.39, 0.29) is 18.2 Å². The first kappa shape index (κ1) is 23.7. The summed E-state index contributed by atoms with van der Waals surface area (Å²) in [5.74, 6) is 1.71. The van der Waals surface area contributed by atoms with Gasteiger partial charge in [0.15, 0.2) is 0 Å². The maximum Gasteiger partial charge on any atom is 0.224 e. The molecule has 8 heteroatoms. The molecule has 0 spiro atoms. The molecule has 2 N–H and O–H groups in total. The van der Waals surface area contributed by atoms with E-state index in [1.165, 1.54) is 5.56 Å². The predicted octanol–water partition coefficient (Wildman–Crippen LogP) is 3.41. The Labute approximate surface area is 210 Å². The van der Waals surface area contributed by atoms with Gasteiger partial charge in [-0.2, -0.15) is 0 Å². The Morgan fingerprint density at radius 1 is 1.11 bits per heavy atom. The van der Waals surface area contributed by atoms with Crippen molar-refractivity contribution in [1.82, 2.24) is 30.2 Å². The fraction of sp³-hybridized carbons (Fsp3) is 0.286. The second-order valence-electron chi connectivity index (χ2n) is 9.15. The average Bonchev–Trinajstić information content (AvgIpc) is 3.61. The Balaban J connectivity index is 1.27. The molecule has 184 valence electrons. The van der Waals surface area contributed by atoms with Gasteiger partial charge in [0.2, 0.25) is 5.91 Å². The summed E-state index contributed by atoms with van der Waals surface area (Å²) in [4.78, 5) is 26.2. The molecule has 0 saturated carbocycles. The fourth-order valence-electron chi connectivity index (χ4n) is 4.93. The lowest BCUT2D eigenvalue weighted by atomic mass is 9.96. The number of carbonyl (C=O) groups is 1. The molecule has 1 unspecified atom stereocenters. The number of ether oxygens (including phenoxy) is 1. The van der Waals surface area contributed by atoms with Crippen molar-refractivity contribution in [2.45, 2.75) is 37.4 Å². The Morgan fingerprint density at radius 2 is 1.94 bits per heavy atom. The standard InChI is InChI=1S/C28H30N6O2/c1-36-25-9-8-22(15-23(25)14-21-6-3-2-4-7-21)18-32-26(35)17-28(34-13-12-29-20-34)16-24(19-33-28)27-30-10-5-11-31-27/h2-13,15,20,24,33H,14,16-19H2,1H3,(H,32,35)/t24?,28-/m1/s1. The number of hydrogen-bond acceptors (Lipinski definition) is 6. The van der Waals surface area contributed by atoms with Gasteiger partial charge in [-0.25, -0.2) is 15.0 Å². The maximum atomic E-state index is 13.2. The van der Waals surface area contributed by atoms with Crippen LogP contribution in [-0.2, 0) is 23.4 Å². The van der Waals surface area contributed by atoms with Gasteiger partial charge in [0, 0.05) is 50.2 Å². The van der Waals surface area contributed by atoms with Crippen LogP contribution in [0.25, 0.3) is 0 Å². The smallest absolute Gasteiger partial charge is 0.224 e. The number of carbonyl (C=O) groups excluding carboxylic acids is 1. The highest BCUT2D eigenvalue weighted by molar-refractivity contribution is 5.77. The Hall–Kier alpha value is -4.04. The van der Waals surface area contributed by atoms with Gasteiger partial charge in [-0.05, 0) is 35.2 Å². The largest absolute Gasteiger partial charge is 0.496 e. The van der Waals surface area contributed by atoms with Gasteiger partial charge in [-0.15, -0.1) is 0 Å². The van der Waals surface area contributed by atoms with Crippen molar-refractivity contribution >= 4 is 5.91 Å². The van der Waals surface area contributed by atoms with E-state index >= 15 is 0 Å². The Morgan fingerprint density at radius 3 is 2.69 bits per heavy atom. The third kappa shape index (κ3) is 5.28. The minimum atomic E-state index is -0.581. The zero-order valence-electron chi connectivity index (χ0n) is 20.3. The number of benzene rings is 2. The lowest BCUT2D eigenvalue weighted by molar-refractivity contribution is -0.123. The Bertz CT molecular complexity index is 1280. The quantitative estimate of drug-likeness (QED) is 0.380. The zero-order valence-corrected chi connectivity index (χ0v) is 20.3. The van der Waals surface area contributed by atoms with Crippen molar-refractivity contribution in [1.29, 1.82) is 0 Å². The van der Waals surface area contributed by atoms with E-state index in [9.17, 15) is 4.79 Å². The molecular formula is C28H30N6O2. The van der Waals surface area contributed by atoms with Crippen LogP contribution in [-0.4, -0.2) is 39.1 Å². The van der Waals surface area contributed by atoms with Crippen molar-refractivity contribution in [2.24, 2.45) is 0 Å².